The van der Waals surface area contributed by atoms with Gasteiger partial charge in [0, 0.05) is 5.92 Å². The molecule has 6 aliphatic carbocycles. The van der Waals surface area contributed by atoms with E-state index in [1.807, 2.05) is 27.7 Å². The highest BCUT2D eigenvalue weighted by molar-refractivity contribution is 5.76. The van der Waals surface area contributed by atoms with Crippen molar-refractivity contribution in [1.29, 1.82) is 0 Å². The first-order chi connectivity index (χ1) is 18.0. The van der Waals surface area contributed by atoms with Crippen LogP contribution in [0.3, 0.4) is 0 Å². The lowest BCUT2D eigenvalue weighted by Gasteiger charge is -2.46. The first-order valence-corrected chi connectivity index (χ1v) is 16.5. The highest BCUT2D eigenvalue weighted by atomic mass is 16.6. The van der Waals surface area contributed by atoms with Crippen LogP contribution in [0.1, 0.15) is 132 Å². The molecule has 6 fully saturated rings. The SMILES string of the molecule is CCC(C)(C)C(=O)OC1(CC)CC2CC1C1C3CCC(C3)C21.CCC(C)C(=O)OC1(CC)CC2CCC1C2. The molecule has 6 aliphatic rings. The zero-order valence-electron chi connectivity index (χ0n) is 25.5. The third kappa shape index (κ3) is 4.56. The van der Waals surface area contributed by atoms with Crippen LogP contribution in [0.2, 0.25) is 0 Å². The Morgan fingerprint density at radius 1 is 0.816 bits per heavy atom. The van der Waals surface area contributed by atoms with E-state index in [1.54, 1.807) is 0 Å². The second-order valence-corrected chi connectivity index (χ2v) is 15.1. The highest BCUT2D eigenvalue weighted by Crippen LogP contribution is 2.71. The Hall–Kier alpha value is -1.06. The molecule has 0 aromatic carbocycles. The molecule has 38 heavy (non-hydrogen) atoms. The first kappa shape index (κ1) is 28.5. The molecule has 0 heterocycles. The van der Waals surface area contributed by atoms with Gasteiger partial charge in [0.2, 0.25) is 0 Å². The average Bonchev–Trinajstić information content (AvgIpc) is 3.75. The molecule has 6 rings (SSSR count). The quantitative estimate of drug-likeness (QED) is 0.235. The van der Waals surface area contributed by atoms with Gasteiger partial charge in [0.25, 0.3) is 0 Å². The van der Waals surface area contributed by atoms with Crippen molar-refractivity contribution >= 4 is 11.9 Å². The zero-order valence-corrected chi connectivity index (χ0v) is 25.5. The van der Waals surface area contributed by atoms with Gasteiger partial charge < -0.3 is 9.47 Å². The summed E-state index contributed by atoms with van der Waals surface area (Å²) in [5.74, 6) is 6.96. The van der Waals surface area contributed by atoms with E-state index in [0.29, 0.717) is 11.8 Å². The van der Waals surface area contributed by atoms with Gasteiger partial charge in [0.05, 0.1) is 11.3 Å². The second-order valence-electron chi connectivity index (χ2n) is 15.1. The van der Waals surface area contributed by atoms with E-state index in [9.17, 15) is 9.59 Å². The summed E-state index contributed by atoms with van der Waals surface area (Å²) in [5, 5.41) is 0. The van der Waals surface area contributed by atoms with E-state index in [2.05, 4.69) is 20.8 Å². The Bertz CT molecular complexity index is 895. The van der Waals surface area contributed by atoms with Crippen molar-refractivity contribution in [2.24, 2.45) is 58.7 Å². The maximum Gasteiger partial charge on any atom is 0.312 e. The summed E-state index contributed by atoms with van der Waals surface area (Å²) in [7, 11) is 0. The Morgan fingerprint density at radius 3 is 2.05 bits per heavy atom. The molecule has 216 valence electrons. The molecule has 11 atom stereocenters. The van der Waals surface area contributed by atoms with E-state index >= 15 is 0 Å². The van der Waals surface area contributed by atoms with Gasteiger partial charge >= 0.3 is 11.9 Å². The lowest BCUT2D eigenvalue weighted by atomic mass is 9.65. The molecule has 0 radical (unpaired) electrons. The Kier molecular flexibility index (Phi) is 7.79. The molecular formula is C34H56O4. The maximum absolute atomic E-state index is 12.7. The van der Waals surface area contributed by atoms with E-state index in [4.69, 9.17) is 9.47 Å². The molecular weight excluding hydrogens is 472 g/mol. The monoisotopic (exact) mass is 528 g/mol. The number of esters is 2. The largest absolute Gasteiger partial charge is 0.459 e. The van der Waals surface area contributed by atoms with Gasteiger partial charge in [-0.15, -0.1) is 0 Å². The van der Waals surface area contributed by atoms with Crippen LogP contribution in [0.25, 0.3) is 0 Å². The van der Waals surface area contributed by atoms with Crippen molar-refractivity contribution < 1.29 is 19.1 Å². The Balaban J connectivity index is 0.000000163. The summed E-state index contributed by atoms with van der Waals surface area (Å²) in [5.41, 5.74) is -0.554. The van der Waals surface area contributed by atoms with E-state index in [-0.39, 0.29) is 34.5 Å². The Morgan fingerprint density at radius 2 is 1.50 bits per heavy atom. The molecule has 0 aromatic heterocycles. The fourth-order valence-electron chi connectivity index (χ4n) is 10.3. The third-order valence-corrected chi connectivity index (χ3v) is 13.1. The summed E-state index contributed by atoms with van der Waals surface area (Å²) < 4.78 is 12.2. The standard InChI is InChI=1S/C20H32O2.C14H24O2/c1-5-19(3,4)18(21)22-20(6-2)11-14-10-15(20)17-13-8-7-12(9-13)16(14)17;1-4-10(3)13(15)16-14(5-2)9-11-6-7-12(14)8-11/h12-17H,5-11H2,1-4H3;10-12H,4-9H2,1-3H3. The zero-order chi connectivity index (χ0) is 27.5. The average molecular weight is 529 g/mol. The van der Waals surface area contributed by atoms with Crippen molar-refractivity contribution in [2.75, 3.05) is 0 Å². The number of rotatable bonds is 8. The fraction of sp³-hybridized carbons (Fsp3) is 0.941. The minimum absolute atomic E-state index is 0.0249. The maximum atomic E-state index is 12.7. The number of ether oxygens (including phenoxy) is 2. The first-order valence-electron chi connectivity index (χ1n) is 16.5. The van der Waals surface area contributed by atoms with Crippen LogP contribution in [0.5, 0.6) is 0 Å². The molecule has 11 unspecified atom stereocenters. The number of hydrogen-bond donors (Lipinski definition) is 0. The van der Waals surface area contributed by atoms with Crippen LogP contribution < -0.4 is 0 Å². The molecule has 0 spiro atoms. The lowest BCUT2D eigenvalue weighted by molar-refractivity contribution is -0.183. The van der Waals surface area contributed by atoms with Crippen molar-refractivity contribution in [3.8, 4) is 0 Å². The fourth-order valence-corrected chi connectivity index (χ4v) is 10.3. The van der Waals surface area contributed by atoms with Gasteiger partial charge in [-0.25, -0.2) is 0 Å². The van der Waals surface area contributed by atoms with Gasteiger partial charge in [0.15, 0.2) is 0 Å². The molecule has 6 saturated carbocycles. The molecule has 6 bridgehead atoms. The van der Waals surface area contributed by atoms with Gasteiger partial charge in [-0.2, -0.15) is 0 Å². The summed E-state index contributed by atoms with van der Waals surface area (Å²) in [6, 6.07) is 0. The number of carbonyl (C=O) groups is 2. The summed E-state index contributed by atoms with van der Waals surface area (Å²) in [6.45, 7) is 14.6. The number of carbonyl (C=O) groups excluding carboxylic acids is 2. The summed E-state index contributed by atoms with van der Waals surface area (Å²) in [6.07, 6.45) is 15.7. The van der Waals surface area contributed by atoms with E-state index < -0.39 is 0 Å². The normalized spacial score (nSPS) is 44.5. The van der Waals surface area contributed by atoms with Crippen molar-refractivity contribution in [3.05, 3.63) is 0 Å². The van der Waals surface area contributed by atoms with E-state index in [0.717, 1.165) is 74.0 Å². The minimum Gasteiger partial charge on any atom is -0.459 e. The molecule has 4 heteroatoms. The summed E-state index contributed by atoms with van der Waals surface area (Å²) >= 11 is 0. The summed E-state index contributed by atoms with van der Waals surface area (Å²) in [4.78, 5) is 24.7. The van der Waals surface area contributed by atoms with Crippen LogP contribution >= 0.6 is 0 Å². The van der Waals surface area contributed by atoms with Gasteiger partial charge in [-0.1, -0.05) is 34.6 Å². The Labute approximate surface area is 232 Å². The highest BCUT2D eigenvalue weighted by Gasteiger charge is 2.68. The van der Waals surface area contributed by atoms with Crippen LogP contribution in [0, 0.1) is 58.7 Å². The molecule has 0 saturated heterocycles. The molecule has 4 nitrogen and oxygen atoms in total. The minimum atomic E-state index is -0.335. The van der Waals surface area contributed by atoms with Crippen LogP contribution in [0.15, 0.2) is 0 Å². The third-order valence-electron chi connectivity index (χ3n) is 13.1. The van der Waals surface area contributed by atoms with Gasteiger partial charge in [0.1, 0.15) is 11.2 Å². The molecule has 0 aromatic rings. The smallest absolute Gasteiger partial charge is 0.312 e. The number of fused-ring (bicyclic) bond motifs is 11. The predicted octanol–water partition coefficient (Wildman–Crippen LogP) is 8.36. The van der Waals surface area contributed by atoms with Crippen LogP contribution in [0.4, 0.5) is 0 Å². The van der Waals surface area contributed by atoms with Crippen molar-refractivity contribution in [3.63, 3.8) is 0 Å². The van der Waals surface area contributed by atoms with Crippen molar-refractivity contribution in [1.82, 2.24) is 0 Å². The van der Waals surface area contributed by atoms with Gasteiger partial charge in [-0.05, 0) is 139 Å². The van der Waals surface area contributed by atoms with Gasteiger partial charge in [-0.3, -0.25) is 9.59 Å². The van der Waals surface area contributed by atoms with Crippen LogP contribution in [-0.2, 0) is 19.1 Å². The van der Waals surface area contributed by atoms with Crippen LogP contribution in [-0.4, -0.2) is 23.1 Å². The number of hydrogen-bond acceptors (Lipinski definition) is 4. The molecule has 0 amide bonds. The van der Waals surface area contributed by atoms with E-state index in [1.165, 1.54) is 44.9 Å². The predicted molar refractivity (Wildman–Crippen MR) is 151 cm³/mol. The second kappa shape index (κ2) is 10.4. The van der Waals surface area contributed by atoms with Crippen molar-refractivity contribution in [2.45, 2.75) is 143 Å². The molecule has 0 aliphatic heterocycles. The molecule has 0 N–H and O–H groups in total. The topological polar surface area (TPSA) is 52.6 Å². The lowest BCUT2D eigenvalue weighted by Crippen LogP contribution is -2.49.